The van der Waals surface area contributed by atoms with Gasteiger partial charge in [0.15, 0.2) is 5.13 Å². The average molecular weight is 305 g/mol. The molecular formula is C17H11N3OS. The minimum atomic E-state index is -0.179. The van der Waals surface area contributed by atoms with Gasteiger partial charge in [0.05, 0.1) is 0 Å². The molecule has 0 aliphatic heterocycles. The first-order chi connectivity index (χ1) is 10.8. The fourth-order valence-corrected chi connectivity index (χ4v) is 2.36. The molecule has 5 heteroatoms. The van der Waals surface area contributed by atoms with Crippen LogP contribution < -0.4 is 5.32 Å². The minimum Gasteiger partial charge on any atom is -0.298 e. The van der Waals surface area contributed by atoms with Crippen molar-refractivity contribution < 1.29 is 4.79 Å². The average Bonchev–Trinajstić information content (AvgIpc) is 3.02. The fraction of sp³-hybridized carbons (Fsp3) is 0. The molecule has 3 rings (SSSR count). The highest BCUT2D eigenvalue weighted by atomic mass is 32.1. The molecule has 1 amide bonds. The molecule has 0 unspecified atom stereocenters. The molecule has 3 aromatic rings. The van der Waals surface area contributed by atoms with E-state index in [1.807, 2.05) is 35.7 Å². The Labute approximate surface area is 131 Å². The zero-order valence-corrected chi connectivity index (χ0v) is 12.3. The van der Waals surface area contributed by atoms with Crippen molar-refractivity contribution in [2.45, 2.75) is 0 Å². The summed E-state index contributed by atoms with van der Waals surface area (Å²) in [7, 11) is 0. The summed E-state index contributed by atoms with van der Waals surface area (Å²) in [5, 5.41) is 5.11. The topological polar surface area (TPSA) is 54.9 Å². The summed E-state index contributed by atoms with van der Waals surface area (Å²) in [6, 6.07) is 12.7. The molecule has 2 heterocycles. The molecule has 0 atom stereocenters. The third kappa shape index (κ3) is 3.57. The number of nitrogens with one attached hydrogen (secondary N) is 1. The number of anilines is 1. The van der Waals surface area contributed by atoms with Crippen LogP contribution in [0.5, 0.6) is 0 Å². The first-order valence-electron chi connectivity index (χ1n) is 6.55. The van der Waals surface area contributed by atoms with Crippen LogP contribution in [0.25, 0.3) is 0 Å². The summed E-state index contributed by atoms with van der Waals surface area (Å²) in [4.78, 5) is 20.3. The molecule has 0 saturated heterocycles. The second-order valence-electron chi connectivity index (χ2n) is 4.35. The zero-order chi connectivity index (χ0) is 15.2. The van der Waals surface area contributed by atoms with E-state index in [9.17, 15) is 4.79 Å². The zero-order valence-electron chi connectivity index (χ0n) is 11.5. The predicted octanol–water partition coefficient (Wildman–Crippen LogP) is 3.19. The molecule has 0 spiro atoms. The van der Waals surface area contributed by atoms with Crippen molar-refractivity contribution in [1.29, 1.82) is 0 Å². The van der Waals surface area contributed by atoms with Crippen LogP contribution in [-0.2, 0) is 0 Å². The number of carbonyl (C=O) groups excluding carboxylic acids is 1. The minimum absolute atomic E-state index is 0.179. The summed E-state index contributed by atoms with van der Waals surface area (Å²) in [5.41, 5.74) is 2.04. The standard InChI is InChI=1S/C17H11N3OS/c21-16(14-6-2-1-3-7-14)20-17-19-15(12-22-17)9-8-13-5-4-10-18-11-13/h1-7,10-12H,(H,19,20,21). The molecule has 22 heavy (non-hydrogen) atoms. The number of hydrogen-bond donors (Lipinski definition) is 1. The fourth-order valence-electron chi connectivity index (χ4n) is 1.72. The van der Waals surface area contributed by atoms with Crippen LogP contribution in [0.4, 0.5) is 5.13 Å². The van der Waals surface area contributed by atoms with Gasteiger partial charge in [0, 0.05) is 28.9 Å². The summed E-state index contributed by atoms with van der Waals surface area (Å²) in [6.45, 7) is 0. The molecule has 0 fully saturated rings. The Balaban J connectivity index is 1.70. The summed E-state index contributed by atoms with van der Waals surface area (Å²) in [5.74, 6) is 5.75. The Bertz CT molecular complexity index is 832. The molecule has 106 valence electrons. The third-order valence-electron chi connectivity index (χ3n) is 2.76. The van der Waals surface area contributed by atoms with Gasteiger partial charge < -0.3 is 0 Å². The van der Waals surface area contributed by atoms with Crippen molar-refractivity contribution in [3.63, 3.8) is 0 Å². The van der Waals surface area contributed by atoms with Crippen molar-refractivity contribution in [1.82, 2.24) is 9.97 Å². The maximum absolute atomic E-state index is 12.0. The van der Waals surface area contributed by atoms with Gasteiger partial charge in [-0.25, -0.2) is 4.98 Å². The molecule has 0 saturated carbocycles. The van der Waals surface area contributed by atoms with Gasteiger partial charge in [0.2, 0.25) is 0 Å². The largest absolute Gasteiger partial charge is 0.298 e. The first-order valence-corrected chi connectivity index (χ1v) is 7.43. The van der Waals surface area contributed by atoms with Gasteiger partial charge in [0.25, 0.3) is 5.91 Å². The van der Waals surface area contributed by atoms with Crippen LogP contribution in [0.15, 0.2) is 60.2 Å². The molecule has 0 bridgehead atoms. The number of carbonyl (C=O) groups is 1. The number of rotatable bonds is 2. The highest BCUT2D eigenvalue weighted by Crippen LogP contribution is 2.16. The molecule has 1 aromatic carbocycles. The Morgan fingerprint density at radius 1 is 1.09 bits per heavy atom. The first kappa shape index (κ1) is 14.0. The molecule has 0 aliphatic rings. The second-order valence-corrected chi connectivity index (χ2v) is 5.21. The van der Waals surface area contributed by atoms with Crippen LogP contribution in [0.3, 0.4) is 0 Å². The molecule has 1 N–H and O–H groups in total. The van der Waals surface area contributed by atoms with E-state index in [1.54, 1.807) is 24.5 Å². The number of amides is 1. The number of benzene rings is 1. The second kappa shape index (κ2) is 6.66. The van der Waals surface area contributed by atoms with Crippen LogP contribution in [0, 0.1) is 11.8 Å². The summed E-state index contributed by atoms with van der Waals surface area (Å²) < 4.78 is 0. The van der Waals surface area contributed by atoms with E-state index in [0.717, 1.165) is 5.56 Å². The smallest absolute Gasteiger partial charge is 0.257 e. The lowest BCUT2D eigenvalue weighted by Gasteiger charge is -2.00. The van der Waals surface area contributed by atoms with Crippen molar-refractivity contribution in [2.24, 2.45) is 0 Å². The van der Waals surface area contributed by atoms with E-state index in [2.05, 4.69) is 27.1 Å². The Kier molecular flexibility index (Phi) is 4.23. The molecule has 4 nitrogen and oxygen atoms in total. The summed E-state index contributed by atoms with van der Waals surface area (Å²) in [6.07, 6.45) is 3.39. The van der Waals surface area contributed by atoms with E-state index in [0.29, 0.717) is 16.4 Å². The Hall–Kier alpha value is -2.97. The number of nitrogens with zero attached hydrogens (tertiary/aromatic N) is 2. The molecule has 0 radical (unpaired) electrons. The van der Waals surface area contributed by atoms with Crippen molar-refractivity contribution in [3.8, 4) is 11.8 Å². The van der Waals surface area contributed by atoms with E-state index in [1.165, 1.54) is 11.3 Å². The number of thiazole rings is 1. The van der Waals surface area contributed by atoms with E-state index < -0.39 is 0 Å². The highest BCUT2D eigenvalue weighted by Gasteiger charge is 2.07. The van der Waals surface area contributed by atoms with Gasteiger partial charge in [-0.2, -0.15) is 0 Å². The normalized spacial score (nSPS) is 9.64. The van der Waals surface area contributed by atoms with Crippen LogP contribution >= 0.6 is 11.3 Å². The lowest BCUT2D eigenvalue weighted by Crippen LogP contribution is -2.11. The van der Waals surface area contributed by atoms with Gasteiger partial charge >= 0.3 is 0 Å². The van der Waals surface area contributed by atoms with E-state index in [4.69, 9.17) is 0 Å². The number of aromatic nitrogens is 2. The van der Waals surface area contributed by atoms with Gasteiger partial charge in [-0.05, 0) is 30.2 Å². The van der Waals surface area contributed by atoms with Gasteiger partial charge in [-0.1, -0.05) is 24.1 Å². The number of hydrogen-bond acceptors (Lipinski definition) is 4. The van der Waals surface area contributed by atoms with Crippen molar-refractivity contribution in [3.05, 3.63) is 77.1 Å². The maximum atomic E-state index is 12.0. The van der Waals surface area contributed by atoms with Crippen LogP contribution in [0.2, 0.25) is 0 Å². The molecule has 2 aromatic heterocycles. The molecular weight excluding hydrogens is 294 g/mol. The van der Waals surface area contributed by atoms with Crippen molar-refractivity contribution >= 4 is 22.4 Å². The Morgan fingerprint density at radius 3 is 2.73 bits per heavy atom. The predicted molar refractivity (Wildman–Crippen MR) is 86.7 cm³/mol. The lowest BCUT2D eigenvalue weighted by molar-refractivity contribution is 0.102. The quantitative estimate of drug-likeness (QED) is 0.740. The SMILES string of the molecule is O=C(Nc1nc(C#Cc2cccnc2)cs1)c1ccccc1. The summed E-state index contributed by atoms with van der Waals surface area (Å²) >= 11 is 1.35. The van der Waals surface area contributed by atoms with Gasteiger partial charge in [-0.3, -0.25) is 15.1 Å². The Morgan fingerprint density at radius 2 is 1.95 bits per heavy atom. The molecule has 0 aliphatic carbocycles. The lowest BCUT2D eigenvalue weighted by atomic mass is 10.2. The maximum Gasteiger partial charge on any atom is 0.257 e. The number of pyridine rings is 1. The van der Waals surface area contributed by atoms with Gasteiger partial charge in [-0.15, -0.1) is 11.3 Å². The van der Waals surface area contributed by atoms with E-state index >= 15 is 0 Å². The van der Waals surface area contributed by atoms with Crippen LogP contribution in [0.1, 0.15) is 21.6 Å². The monoisotopic (exact) mass is 305 g/mol. The third-order valence-corrected chi connectivity index (χ3v) is 3.51. The van der Waals surface area contributed by atoms with Crippen molar-refractivity contribution in [2.75, 3.05) is 5.32 Å². The van der Waals surface area contributed by atoms with Crippen LogP contribution in [-0.4, -0.2) is 15.9 Å². The van der Waals surface area contributed by atoms with E-state index in [-0.39, 0.29) is 5.91 Å². The highest BCUT2D eigenvalue weighted by molar-refractivity contribution is 7.14. The van der Waals surface area contributed by atoms with Gasteiger partial charge in [0.1, 0.15) is 5.69 Å².